The normalized spacial score (nSPS) is 34.7. The number of hydrogen-bond acceptors (Lipinski definition) is 15. The van der Waals surface area contributed by atoms with Crippen molar-refractivity contribution in [1.82, 2.24) is 20.7 Å². The van der Waals surface area contributed by atoms with E-state index in [4.69, 9.17) is 18.9 Å². The highest BCUT2D eigenvalue weighted by Crippen LogP contribution is 2.48. The first-order valence-electron chi connectivity index (χ1n) is 19.9. The van der Waals surface area contributed by atoms with E-state index >= 15 is 0 Å². The van der Waals surface area contributed by atoms with E-state index in [9.17, 15) is 39.3 Å². The van der Waals surface area contributed by atoms with Crippen molar-refractivity contribution in [3.63, 3.8) is 0 Å². The van der Waals surface area contributed by atoms with Gasteiger partial charge in [-0.3, -0.25) is 24.0 Å². The highest BCUT2D eigenvalue weighted by molar-refractivity contribution is 6.31. The van der Waals surface area contributed by atoms with Crippen molar-refractivity contribution in [3.05, 3.63) is 70.2 Å². The minimum atomic E-state index is -2.08. The number of hydrogen-bond donors (Lipinski definition) is 5. The molecular weight excluding hydrogens is 764 g/mol. The molecule has 5 bridgehead atoms. The number of nitrogens with one attached hydrogen (secondary N) is 2. The number of Topliss-reactive ketones (excluding diaryl/α,β-unsaturated/α-hetero) is 3. The molecule has 322 valence electrons. The molecule has 16 heteroatoms. The van der Waals surface area contributed by atoms with E-state index in [1.807, 2.05) is 12.1 Å². The Labute approximate surface area is 344 Å². The Bertz CT molecular complexity index is 1970. The molecule has 16 nitrogen and oxygen atoms in total. The van der Waals surface area contributed by atoms with Crippen LogP contribution in [0.1, 0.15) is 85.1 Å². The standard InChI is InChI=1S/C43H58N4O12/c1-21-12-11-13-22(2)42(55)45-33-28(20-44-47-17-15-46(9)16-18-47)37(52)30-31(38(33)53)36(51)26(6)40-32(30)41(54)43(8,59-40)57-19-14-29(56-10)23(3)39(58-27(7)48)25(5)35(50)24(4)34(21)49/h11-14,19-21,23-25,29,33-35,39,44,49-51H,15-18H2,1-10H3,(H,45,55)/b12-11-,19-14?,22-13-,28-20+. The lowest BCUT2D eigenvalue weighted by Gasteiger charge is -2.38. The van der Waals surface area contributed by atoms with Gasteiger partial charge in [0.25, 0.3) is 5.78 Å². The lowest BCUT2D eigenvalue weighted by molar-refractivity contribution is -0.160. The number of carbonyl (C=O) groups excluding carboxylic acids is 5. The largest absolute Gasteiger partial charge is 0.507 e. The zero-order chi connectivity index (χ0) is 43.7. The second-order valence-electron chi connectivity index (χ2n) is 16.3. The van der Waals surface area contributed by atoms with E-state index in [-0.39, 0.29) is 33.6 Å². The number of piperazine rings is 1. The molecule has 10 atom stereocenters. The Morgan fingerprint density at radius 3 is 2.25 bits per heavy atom. The van der Waals surface area contributed by atoms with Gasteiger partial charge in [-0.15, -0.1) is 0 Å². The van der Waals surface area contributed by atoms with Crippen LogP contribution in [0.25, 0.3) is 0 Å². The quantitative estimate of drug-likeness (QED) is 0.218. The zero-order valence-electron chi connectivity index (χ0n) is 35.4. The summed E-state index contributed by atoms with van der Waals surface area (Å²) in [6.45, 7) is 15.1. The molecule has 1 aromatic rings. The first kappa shape index (κ1) is 45.2. The van der Waals surface area contributed by atoms with Crippen molar-refractivity contribution in [2.24, 2.45) is 23.7 Å². The number of aliphatic hydroxyl groups excluding tert-OH is 2. The lowest BCUT2D eigenvalue weighted by Crippen LogP contribution is -2.51. The van der Waals surface area contributed by atoms with E-state index in [1.165, 1.54) is 59.4 Å². The maximum Gasteiger partial charge on any atom is 0.312 e. The van der Waals surface area contributed by atoms with Crippen molar-refractivity contribution in [3.8, 4) is 11.5 Å². The summed E-state index contributed by atoms with van der Waals surface area (Å²) in [7, 11) is 3.41. The summed E-state index contributed by atoms with van der Waals surface area (Å²) in [6.07, 6.45) is 4.81. The predicted octanol–water partition coefficient (Wildman–Crippen LogP) is 2.75. The number of nitrogens with zero attached hydrogens (tertiary/aromatic N) is 2. The van der Waals surface area contributed by atoms with Gasteiger partial charge in [0.05, 0.1) is 41.3 Å². The Morgan fingerprint density at radius 1 is 0.966 bits per heavy atom. The van der Waals surface area contributed by atoms with Crippen LogP contribution in [-0.2, 0) is 23.8 Å². The maximum absolute atomic E-state index is 14.7. The Kier molecular flexibility index (Phi) is 13.9. The molecule has 1 aliphatic carbocycles. The number of likely N-dealkylation sites (N-methyl/N-ethyl adjacent to an activating group) is 1. The third-order valence-corrected chi connectivity index (χ3v) is 12.1. The predicted molar refractivity (Wildman–Crippen MR) is 215 cm³/mol. The summed E-state index contributed by atoms with van der Waals surface area (Å²) in [5, 5.41) is 38.9. The van der Waals surface area contributed by atoms with Crippen LogP contribution >= 0.6 is 0 Å². The average molecular weight is 823 g/mol. The molecule has 1 amide bonds. The van der Waals surface area contributed by atoms with Crippen LogP contribution in [0.2, 0.25) is 0 Å². The number of rotatable bonds is 4. The van der Waals surface area contributed by atoms with Crippen molar-refractivity contribution in [2.45, 2.75) is 91.6 Å². The fraction of sp³-hybridized carbons (Fsp3) is 0.558. The smallest absolute Gasteiger partial charge is 0.312 e. The number of aromatic hydroxyl groups is 1. The summed E-state index contributed by atoms with van der Waals surface area (Å²) in [5.74, 6) is -9.01. The Morgan fingerprint density at radius 2 is 1.63 bits per heavy atom. The van der Waals surface area contributed by atoms with Crippen molar-refractivity contribution in [1.29, 1.82) is 0 Å². The molecule has 0 saturated carbocycles. The summed E-state index contributed by atoms with van der Waals surface area (Å²) >= 11 is 0. The van der Waals surface area contributed by atoms with Crippen LogP contribution < -0.4 is 15.5 Å². The van der Waals surface area contributed by atoms with Gasteiger partial charge in [0, 0.05) is 93.7 Å². The number of ether oxygens (including phenoxy) is 4. The van der Waals surface area contributed by atoms with Crippen LogP contribution in [0.5, 0.6) is 11.5 Å². The van der Waals surface area contributed by atoms with E-state index < -0.39 is 100 Å². The number of amides is 1. The molecule has 4 heterocycles. The zero-order valence-corrected chi connectivity index (χ0v) is 35.4. The number of fused-ring (bicyclic) bond motifs is 14. The fourth-order valence-electron chi connectivity index (χ4n) is 8.10. The minimum Gasteiger partial charge on any atom is -0.507 e. The van der Waals surface area contributed by atoms with Crippen molar-refractivity contribution >= 4 is 29.2 Å². The maximum atomic E-state index is 14.7. The number of methoxy groups -OCH3 is 1. The molecule has 10 unspecified atom stereocenters. The molecule has 1 aromatic carbocycles. The Balaban J connectivity index is 1.64. The molecule has 0 spiro atoms. The number of benzene rings is 1. The third-order valence-electron chi connectivity index (χ3n) is 12.1. The van der Waals surface area contributed by atoms with Gasteiger partial charge < -0.3 is 49.9 Å². The summed E-state index contributed by atoms with van der Waals surface area (Å²) in [4.78, 5) is 71.7. The van der Waals surface area contributed by atoms with Gasteiger partial charge in [-0.05, 0) is 27.0 Å². The molecule has 4 aliphatic heterocycles. The highest BCUT2D eigenvalue weighted by Gasteiger charge is 2.53. The number of phenolic OH excluding ortho intramolecular Hbond substituents is 1. The summed E-state index contributed by atoms with van der Waals surface area (Å²) < 4.78 is 23.5. The van der Waals surface area contributed by atoms with Crippen LogP contribution in [-0.4, -0.2) is 131 Å². The van der Waals surface area contributed by atoms with E-state index in [0.29, 0.717) is 13.1 Å². The SMILES string of the molecule is COC1C=COC2(C)Oc3c(C)c(O)c4c(c3C2=O)C(=O)/C(=C/NN2CCN(C)CC2)C(NC(=O)/C(C)=C\C=C/C(C)C(O)C(C)C(O)C(C)C(OC(C)=O)C1C)C4=O. The van der Waals surface area contributed by atoms with Crippen LogP contribution in [0.3, 0.4) is 0 Å². The van der Waals surface area contributed by atoms with Gasteiger partial charge in [-0.25, -0.2) is 5.01 Å². The Hall–Kier alpha value is -4.87. The molecule has 59 heavy (non-hydrogen) atoms. The second kappa shape index (κ2) is 18.2. The number of ketones is 3. The van der Waals surface area contributed by atoms with Gasteiger partial charge in [-0.1, -0.05) is 45.9 Å². The number of phenols is 1. The first-order valence-corrected chi connectivity index (χ1v) is 19.9. The molecular formula is C43H58N4O12. The van der Waals surface area contributed by atoms with Crippen LogP contribution in [0.15, 0.2) is 47.9 Å². The van der Waals surface area contributed by atoms with Crippen molar-refractivity contribution < 1.29 is 58.2 Å². The van der Waals surface area contributed by atoms with Gasteiger partial charge in [-0.2, -0.15) is 0 Å². The number of carbonyl (C=O) groups is 5. The monoisotopic (exact) mass is 822 g/mol. The molecule has 5 aliphatic rings. The van der Waals surface area contributed by atoms with E-state index in [1.54, 1.807) is 39.8 Å². The average Bonchev–Trinajstić information content (AvgIpc) is 3.46. The third kappa shape index (κ3) is 9.01. The molecule has 0 radical (unpaired) electrons. The molecule has 6 rings (SSSR count). The van der Waals surface area contributed by atoms with E-state index in [0.717, 1.165) is 13.1 Å². The van der Waals surface area contributed by atoms with Gasteiger partial charge in [0.2, 0.25) is 5.91 Å². The van der Waals surface area contributed by atoms with Crippen LogP contribution in [0, 0.1) is 30.6 Å². The van der Waals surface area contributed by atoms with Gasteiger partial charge >= 0.3 is 11.8 Å². The number of esters is 1. The fourth-order valence-corrected chi connectivity index (χ4v) is 8.10. The number of hydrazine groups is 1. The van der Waals surface area contributed by atoms with Gasteiger partial charge in [0.1, 0.15) is 23.6 Å². The topological polar surface area (TPSA) is 213 Å². The molecule has 1 fully saturated rings. The van der Waals surface area contributed by atoms with Gasteiger partial charge in [0.15, 0.2) is 11.6 Å². The minimum absolute atomic E-state index is 0.00931. The highest BCUT2D eigenvalue weighted by atomic mass is 16.7. The van der Waals surface area contributed by atoms with E-state index in [2.05, 4.69) is 15.6 Å². The molecule has 5 N–H and O–H groups in total. The summed E-state index contributed by atoms with van der Waals surface area (Å²) in [5.41, 5.74) is 2.03. The van der Waals surface area contributed by atoms with Crippen molar-refractivity contribution in [2.75, 3.05) is 40.3 Å². The first-order chi connectivity index (χ1) is 27.7. The van der Waals surface area contributed by atoms with Crippen LogP contribution in [0.4, 0.5) is 0 Å². The number of allylic oxidation sites excluding steroid dienone is 2. The molecule has 1 saturated heterocycles. The second-order valence-corrected chi connectivity index (χ2v) is 16.3. The lowest BCUT2D eigenvalue weighted by atomic mass is 9.77. The number of aliphatic hydroxyl groups is 2. The molecule has 0 aromatic heterocycles. The summed E-state index contributed by atoms with van der Waals surface area (Å²) in [6, 6.07) is -1.56.